The molecule has 4 aliphatic heterocycles. The van der Waals surface area contributed by atoms with Crippen LogP contribution in [0, 0.1) is 0 Å². The van der Waals surface area contributed by atoms with Crippen LogP contribution in [-0.4, -0.2) is 47.5 Å². The molecular formula is C33H37N2O4+. The standard InChI is InChI=1S/C33H37N2O4/c1-20(36)38-24-16-22(30-32(3,4)26-11-7-9-13-28(26)34(30)18-24)15-23-17-25(39-21(2)37)19-35-29-14-10-8-12-27(29)33(5,6)31(23)35/h7-15,24-25H,16-19H2,1-6H3/q+1. The predicted octanol–water partition coefficient (Wildman–Crippen LogP) is 5.71. The normalized spacial score (nSPS) is 25.2. The molecule has 2 aromatic rings. The van der Waals surface area contributed by atoms with Crippen LogP contribution < -0.4 is 4.90 Å². The highest BCUT2D eigenvalue weighted by Gasteiger charge is 2.51. The highest BCUT2D eigenvalue weighted by Crippen LogP contribution is 2.52. The Kier molecular flexibility index (Phi) is 5.87. The highest BCUT2D eigenvalue weighted by atomic mass is 16.5. The van der Waals surface area contributed by atoms with E-state index in [1.807, 2.05) is 0 Å². The number of hydrogen-bond donors (Lipinski definition) is 0. The van der Waals surface area contributed by atoms with Crippen molar-refractivity contribution in [2.75, 3.05) is 18.0 Å². The van der Waals surface area contributed by atoms with Crippen molar-refractivity contribution in [1.82, 2.24) is 0 Å². The second-order valence-electron chi connectivity index (χ2n) is 12.3. The number of hydrogen-bond acceptors (Lipinski definition) is 5. The molecule has 2 atom stereocenters. The minimum absolute atomic E-state index is 0.202. The van der Waals surface area contributed by atoms with Gasteiger partial charge in [0.2, 0.25) is 5.69 Å². The van der Waals surface area contributed by atoms with E-state index in [-0.39, 0.29) is 35.0 Å². The summed E-state index contributed by atoms with van der Waals surface area (Å²) in [4.78, 5) is 26.4. The van der Waals surface area contributed by atoms with Crippen LogP contribution in [-0.2, 0) is 29.9 Å². The molecule has 6 rings (SSSR count). The summed E-state index contributed by atoms with van der Waals surface area (Å²) in [5, 5.41) is 0. The summed E-state index contributed by atoms with van der Waals surface area (Å²) in [5.74, 6) is -0.523. The van der Waals surface area contributed by atoms with E-state index < -0.39 is 0 Å². The Labute approximate surface area is 230 Å². The average molecular weight is 526 g/mol. The summed E-state index contributed by atoms with van der Waals surface area (Å²) >= 11 is 0. The van der Waals surface area contributed by atoms with Crippen molar-refractivity contribution in [3.63, 3.8) is 0 Å². The van der Waals surface area contributed by atoms with E-state index in [1.165, 1.54) is 58.9 Å². The molecule has 0 N–H and O–H groups in total. The number of carbonyl (C=O) groups excluding carboxylic acids is 2. The van der Waals surface area contributed by atoms with E-state index in [1.54, 1.807) is 0 Å². The Hall–Kier alpha value is -3.67. The Bertz CT molecular complexity index is 1490. The topological polar surface area (TPSA) is 58.9 Å². The number of anilines is 1. The van der Waals surface area contributed by atoms with Crippen molar-refractivity contribution in [1.29, 1.82) is 0 Å². The molecule has 0 saturated heterocycles. The SMILES string of the molecule is CC(=O)OC1CC(C=C2CC(OC(C)=O)C[N+]3=C2C(C)(C)c2ccccc23)=C2N(C1)c1ccccc1C2(C)C. The molecule has 6 nitrogen and oxygen atoms in total. The van der Waals surface area contributed by atoms with Gasteiger partial charge in [-0.2, -0.15) is 4.58 Å². The molecule has 0 saturated carbocycles. The summed E-state index contributed by atoms with van der Waals surface area (Å²) in [7, 11) is 0. The van der Waals surface area contributed by atoms with Gasteiger partial charge in [0.05, 0.1) is 12.0 Å². The second kappa shape index (κ2) is 8.94. The maximum atomic E-state index is 12.0. The molecule has 4 aliphatic rings. The Morgan fingerprint density at radius 2 is 1.51 bits per heavy atom. The van der Waals surface area contributed by atoms with E-state index in [4.69, 9.17) is 9.47 Å². The molecule has 2 aromatic carbocycles. The number of para-hydroxylation sites is 2. The first kappa shape index (κ1) is 25.6. The first-order valence-corrected chi connectivity index (χ1v) is 13.9. The number of nitrogens with zero attached hydrogens (tertiary/aromatic N) is 2. The molecule has 0 radical (unpaired) electrons. The maximum Gasteiger partial charge on any atom is 0.303 e. The van der Waals surface area contributed by atoms with Gasteiger partial charge in [-0.15, -0.1) is 0 Å². The first-order valence-electron chi connectivity index (χ1n) is 13.9. The Balaban J connectivity index is 1.55. The zero-order chi connectivity index (χ0) is 27.7. The number of fused-ring (bicyclic) bond motifs is 5. The fourth-order valence-electron chi connectivity index (χ4n) is 7.49. The maximum absolute atomic E-state index is 12.0. The van der Waals surface area contributed by atoms with Gasteiger partial charge in [0, 0.05) is 60.7 Å². The van der Waals surface area contributed by atoms with Crippen LogP contribution in [0.1, 0.15) is 65.5 Å². The van der Waals surface area contributed by atoms with Crippen LogP contribution >= 0.6 is 0 Å². The second-order valence-corrected chi connectivity index (χ2v) is 12.3. The van der Waals surface area contributed by atoms with Gasteiger partial charge in [-0.1, -0.05) is 50.2 Å². The number of carbonyl (C=O) groups is 2. The molecule has 202 valence electrons. The first-order chi connectivity index (χ1) is 18.5. The molecule has 0 bridgehead atoms. The summed E-state index contributed by atoms with van der Waals surface area (Å²) < 4.78 is 14.0. The zero-order valence-electron chi connectivity index (χ0n) is 23.7. The lowest BCUT2D eigenvalue weighted by Gasteiger charge is -2.37. The summed E-state index contributed by atoms with van der Waals surface area (Å²) in [6, 6.07) is 17.1. The number of benzene rings is 2. The lowest BCUT2D eigenvalue weighted by Crippen LogP contribution is -2.42. The quantitative estimate of drug-likeness (QED) is 0.379. The molecular weight excluding hydrogens is 488 g/mol. The van der Waals surface area contributed by atoms with Crippen LogP contribution in [0.2, 0.25) is 0 Å². The van der Waals surface area contributed by atoms with Crippen molar-refractivity contribution in [2.24, 2.45) is 0 Å². The zero-order valence-corrected chi connectivity index (χ0v) is 23.7. The van der Waals surface area contributed by atoms with Gasteiger partial charge in [0.1, 0.15) is 6.10 Å². The summed E-state index contributed by atoms with van der Waals surface area (Å²) in [6.07, 6.45) is 3.11. The van der Waals surface area contributed by atoms with Crippen molar-refractivity contribution in [2.45, 2.75) is 77.4 Å². The van der Waals surface area contributed by atoms with E-state index in [0.717, 1.165) is 0 Å². The monoisotopic (exact) mass is 525 g/mol. The van der Waals surface area contributed by atoms with Gasteiger partial charge >= 0.3 is 11.9 Å². The van der Waals surface area contributed by atoms with Crippen molar-refractivity contribution < 1.29 is 23.6 Å². The Morgan fingerprint density at radius 1 is 0.872 bits per heavy atom. The van der Waals surface area contributed by atoms with Crippen molar-refractivity contribution in [3.8, 4) is 0 Å². The van der Waals surface area contributed by atoms with Gasteiger partial charge in [-0.3, -0.25) is 9.59 Å². The highest BCUT2D eigenvalue weighted by molar-refractivity contribution is 6.08. The minimum Gasteiger partial charge on any atom is -0.460 e. The molecule has 6 heteroatoms. The van der Waals surface area contributed by atoms with Crippen molar-refractivity contribution >= 4 is 29.0 Å². The lowest BCUT2D eigenvalue weighted by molar-refractivity contribution is -0.453. The van der Waals surface area contributed by atoms with E-state index >= 15 is 0 Å². The van der Waals surface area contributed by atoms with Crippen molar-refractivity contribution in [3.05, 3.63) is 82.6 Å². The van der Waals surface area contributed by atoms with Gasteiger partial charge in [0.25, 0.3) is 0 Å². The third kappa shape index (κ3) is 4.03. The third-order valence-electron chi connectivity index (χ3n) is 8.75. The average Bonchev–Trinajstić information content (AvgIpc) is 3.23. The largest absolute Gasteiger partial charge is 0.460 e. The number of esters is 2. The minimum atomic E-state index is -0.261. The smallest absolute Gasteiger partial charge is 0.303 e. The van der Waals surface area contributed by atoms with Crippen LogP contribution in [0.4, 0.5) is 11.4 Å². The molecule has 39 heavy (non-hydrogen) atoms. The predicted molar refractivity (Wildman–Crippen MR) is 152 cm³/mol. The van der Waals surface area contributed by atoms with E-state index in [0.29, 0.717) is 25.9 Å². The Morgan fingerprint density at radius 3 is 2.23 bits per heavy atom. The summed E-state index contributed by atoms with van der Waals surface area (Å²) in [5.41, 5.74) is 9.37. The molecule has 0 fully saturated rings. The molecule has 0 aromatic heterocycles. The van der Waals surface area contributed by atoms with E-state index in [9.17, 15) is 9.59 Å². The van der Waals surface area contributed by atoms with Crippen LogP contribution in [0.25, 0.3) is 0 Å². The fourth-order valence-corrected chi connectivity index (χ4v) is 7.49. The summed E-state index contributed by atoms with van der Waals surface area (Å²) in [6.45, 7) is 13.4. The number of rotatable bonds is 3. The lowest BCUT2D eigenvalue weighted by atomic mass is 9.75. The fraction of sp³-hybridized carbons (Fsp3) is 0.424. The van der Waals surface area contributed by atoms with Crippen LogP contribution in [0.3, 0.4) is 0 Å². The third-order valence-corrected chi connectivity index (χ3v) is 8.75. The molecule has 4 heterocycles. The van der Waals surface area contributed by atoms with Gasteiger partial charge in [-0.05, 0) is 37.1 Å². The van der Waals surface area contributed by atoms with Crippen LogP contribution in [0.5, 0.6) is 0 Å². The molecule has 0 spiro atoms. The van der Waals surface area contributed by atoms with E-state index in [2.05, 4.69) is 91.8 Å². The van der Waals surface area contributed by atoms with Gasteiger partial charge in [0.15, 0.2) is 18.4 Å². The number of allylic oxidation sites excluding steroid dienone is 2. The molecule has 0 amide bonds. The van der Waals surface area contributed by atoms with Gasteiger partial charge in [-0.25, -0.2) is 0 Å². The number of ether oxygens (including phenoxy) is 2. The van der Waals surface area contributed by atoms with Gasteiger partial charge < -0.3 is 14.4 Å². The van der Waals surface area contributed by atoms with Crippen LogP contribution in [0.15, 0.2) is 71.5 Å². The molecule has 2 unspecified atom stereocenters. The molecule has 0 aliphatic carbocycles.